The van der Waals surface area contributed by atoms with E-state index in [2.05, 4.69) is 6.92 Å². The molecule has 138 valence electrons. The van der Waals surface area contributed by atoms with Gasteiger partial charge in [-0.25, -0.2) is 0 Å². The second-order valence-electron chi connectivity index (χ2n) is 8.78. The van der Waals surface area contributed by atoms with Gasteiger partial charge in [-0.2, -0.15) is 0 Å². The highest BCUT2D eigenvalue weighted by molar-refractivity contribution is 4.92. The molecule has 5 heteroatoms. The van der Waals surface area contributed by atoms with Crippen molar-refractivity contribution in [1.29, 1.82) is 0 Å². The summed E-state index contributed by atoms with van der Waals surface area (Å²) in [6.45, 7) is 4.84. The normalized spacial score (nSPS) is 42.8. The molecular weight excluding hydrogens is 308 g/mol. The number of aliphatic hydroxyl groups is 1. The standard InChI is InChI=1S/C19H32O5/c1-19(10-20,11-21-8-13-2-4-15-17(6-13)23-15)12-22-9-14-3-5-16-18(7-14)24-16/h13-18,20H,2-12H2,1H3. The lowest BCUT2D eigenvalue weighted by molar-refractivity contribution is -0.0561. The molecule has 4 fully saturated rings. The Morgan fingerprint density at radius 1 is 0.833 bits per heavy atom. The molecule has 0 radical (unpaired) electrons. The van der Waals surface area contributed by atoms with Crippen molar-refractivity contribution < 1.29 is 24.1 Å². The van der Waals surface area contributed by atoms with Gasteiger partial charge >= 0.3 is 0 Å². The highest BCUT2D eigenvalue weighted by Gasteiger charge is 2.44. The molecule has 0 bridgehead atoms. The Labute approximate surface area is 145 Å². The van der Waals surface area contributed by atoms with Crippen LogP contribution in [0.5, 0.6) is 0 Å². The topological polar surface area (TPSA) is 63.8 Å². The molecule has 6 atom stereocenters. The first-order valence-electron chi connectivity index (χ1n) is 9.72. The second-order valence-corrected chi connectivity index (χ2v) is 8.78. The molecule has 6 unspecified atom stereocenters. The van der Waals surface area contributed by atoms with Crippen LogP contribution in [-0.4, -0.2) is 62.6 Å². The molecule has 1 N–H and O–H groups in total. The number of aliphatic hydroxyl groups excluding tert-OH is 1. The fourth-order valence-electron chi connectivity index (χ4n) is 4.35. The van der Waals surface area contributed by atoms with Crippen LogP contribution >= 0.6 is 0 Å². The van der Waals surface area contributed by atoms with E-state index in [-0.39, 0.29) is 12.0 Å². The summed E-state index contributed by atoms with van der Waals surface area (Å²) in [4.78, 5) is 0. The smallest absolute Gasteiger partial charge is 0.0845 e. The maximum Gasteiger partial charge on any atom is 0.0845 e. The number of fused-ring (bicyclic) bond motifs is 2. The number of ether oxygens (including phenoxy) is 4. The average molecular weight is 340 g/mol. The third-order valence-electron chi connectivity index (χ3n) is 6.22. The fraction of sp³-hybridized carbons (Fsp3) is 1.00. The third kappa shape index (κ3) is 4.31. The molecule has 2 saturated carbocycles. The fourth-order valence-corrected chi connectivity index (χ4v) is 4.35. The van der Waals surface area contributed by atoms with Crippen molar-refractivity contribution >= 4 is 0 Å². The zero-order valence-corrected chi connectivity index (χ0v) is 14.8. The summed E-state index contributed by atoms with van der Waals surface area (Å²) in [7, 11) is 0. The maximum atomic E-state index is 9.76. The van der Waals surface area contributed by atoms with Crippen LogP contribution in [-0.2, 0) is 18.9 Å². The molecule has 2 aliphatic carbocycles. The highest BCUT2D eigenvalue weighted by Crippen LogP contribution is 2.40. The Balaban J connectivity index is 1.12. The molecule has 4 rings (SSSR count). The van der Waals surface area contributed by atoms with E-state index >= 15 is 0 Å². The van der Waals surface area contributed by atoms with Crippen LogP contribution in [0.1, 0.15) is 45.4 Å². The highest BCUT2D eigenvalue weighted by atomic mass is 16.6. The van der Waals surface area contributed by atoms with E-state index in [0.717, 1.165) is 26.1 Å². The van der Waals surface area contributed by atoms with Gasteiger partial charge in [-0.15, -0.1) is 0 Å². The third-order valence-corrected chi connectivity index (χ3v) is 6.22. The van der Waals surface area contributed by atoms with Gasteiger partial charge in [0.05, 0.1) is 44.2 Å². The summed E-state index contributed by atoms with van der Waals surface area (Å²) in [5.41, 5.74) is -0.305. The van der Waals surface area contributed by atoms with Crippen molar-refractivity contribution in [2.45, 2.75) is 69.9 Å². The average Bonchev–Trinajstić information content (AvgIpc) is 3.48. The van der Waals surface area contributed by atoms with E-state index in [4.69, 9.17) is 18.9 Å². The summed E-state index contributed by atoms with van der Waals surface area (Å²) in [5, 5.41) is 9.76. The predicted octanol–water partition coefficient (Wildman–Crippen LogP) is 2.15. The Hall–Kier alpha value is -0.200. The largest absolute Gasteiger partial charge is 0.396 e. The van der Waals surface area contributed by atoms with E-state index in [0.29, 0.717) is 49.5 Å². The Bertz CT molecular complexity index is 394. The molecule has 2 heterocycles. The van der Waals surface area contributed by atoms with Gasteiger partial charge in [0, 0.05) is 18.6 Å². The SMILES string of the molecule is CC(CO)(COCC1CCC2OC2C1)COCC1CCC2OC2C1. The van der Waals surface area contributed by atoms with Crippen LogP contribution in [0, 0.1) is 17.3 Å². The van der Waals surface area contributed by atoms with Crippen LogP contribution in [0.2, 0.25) is 0 Å². The summed E-state index contributed by atoms with van der Waals surface area (Å²) in [6.07, 6.45) is 9.18. The van der Waals surface area contributed by atoms with Crippen molar-refractivity contribution in [3.63, 3.8) is 0 Å². The molecule has 0 aromatic heterocycles. The van der Waals surface area contributed by atoms with E-state index in [1.165, 1.54) is 25.7 Å². The molecular formula is C19H32O5. The Morgan fingerprint density at radius 3 is 1.75 bits per heavy atom. The number of epoxide rings is 2. The molecule has 2 aliphatic heterocycles. The zero-order chi connectivity index (χ0) is 16.6. The van der Waals surface area contributed by atoms with Crippen LogP contribution in [0.3, 0.4) is 0 Å². The molecule has 5 nitrogen and oxygen atoms in total. The molecule has 24 heavy (non-hydrogen) atoms. The van der Waals surface area contributed by atoms with Crippen molar-refractivity contribution in [2.24, 2.45) is 17.3 Å². The van der Waals surface area contributed by atoms with Gasteiger partial charge in [0.2, 0.25) is 0 Å². The summed E-state index contributed by atoms with van der Waals surface area (Å²) in [5.74, 6) is 1.23. The van der Waals surface area contributed by atoms with Crippen molar-refractivity contribution in [3.05, 3.63) is 0 Å². The van der Waals surface area contributed by atoms with Crippen molar-refractivity contribution in [1.82, 2.24) is 0 Å². The molecule has 4 aliphatic rings. The molecule has 0 spiro atoms. The molecule has 2 saturated heterocycles. The summed E-state index contributed by atoms with van der Waals surface area (Å²) in [6, 6.07) is 0. The number of hydrogen-bond acceptors (Lipinski definition) is 5. The number of hydrogen-bond donors (Lipinski definition) is 1. The minimum Gasteiger partial charge on any atom is -0.396 e. The lowest BCUT2D eigenvalue weighted by atomic mass is 9.89. The van der Waals surface area contributed by atoms with Gasteiger partial charge in [0.25, 0.3) is 0 Å². The monoisotopic (exact) mass is 340 g/mol. The minimum absolute atomic E-state index is 0.101. The van der Waals surface area contributed by atoms with Crippen LogP contribution < -0.4 is 0 Å². The first-order valence-corrected chi connectivity index (χ1v) is 9.72. The molecule has 0 amide bonds. The molecule has 0 aromatic rings. The van der Waals surface area contributed by atoms with Gasteiger partial charge in [0.1, 0.15) is 0 Å². The first-order chi connectivity index (χ1) is 11.6. The van der Waals surface area contributed by atoms with Gasteiger partial charge in [-0.1, -0.05) is 6.92 Å². The van der Waals surface area contributed by atoms with E-state index in [1.807, 2.05) is 0 Å². The van der Waals surface area contributed by atoms with Crippen LogP contribution in [0.15, 0.2) is 0 Å². The second kappa shape index (κ2) is 7.20. The summed E-state index contributed by atoms with van der Waals surface area (Å²) >= 11 is 0. The first kappa shape index (κ1) is 17.2. The van der Waals surface area contributed by atoms with E-state index < -0.39 is 0 Å². The lowest BCUT2D eigenvalue weighted by Crippen LogP contribution is -2.35. The van der Waals surface area contributed by atoms with Gasteiger partial charge < -0.3 is 24.1 Å². The Kier molecular flexibility index (Phi) is 5.17. The zero-order valence-electron chi connectivity index (χ0n) is 14.8. The number of rotatable bonds is 9. The van der Waals surface area contributed by atoms with Gasteiger partial charge in [-0.05, 0) is 50.4 Å². The van der Waals surface area contributed by atoms with Crippen molar-refractivity contribution in [3.8, 4) is 0 Å². The lowest BCUT2D eigenvalue weighted by Gasteiger charge is -2.29. The van der Waals surface area contributed by atoms with Crippen LogP contribution in [0.4, 0.5) is 0 Å². The minimum atomic E-state index is -0.305. The van der Waals surface area contributed by atoms with Gasteiger partial charge in [0.15, 0.2) is 0 Å². The van der Waals surface area contributed by atoms with E-state index in [1.54, 1.807) is 0 Å². The van der Waals surface area contributed by atoms with E-state index in [9.17, 15) is 5.11 Å². The Morgan fingerprint density at radius 2 is 1.33 bits per heavy atom. The maximum absolute atomic E-state index is 9.76. The van der Waals surface area contributed by atoms with Crippen LogP contribution in [0.25, 0.3) is 0 Å². The molecule has 0 aromatic carbocycles. The predicted molar refractivity (Wildman–Crippen MR) is 88.8 cm³/mol. The van der Waals surface area contributed by atoms with Crippen molar-refractivity contribution in [2.75, 3.05) is 33.0 Å². The van der Waals surface area contributed by atoms with Gasteiger partial charge in [-0.3, -0.25) is 0 Å². The quantitative estimate of drug-likeness (QED) is 0.652. The summed E-state index contributed by atoms with van der Waals surface area (Å²) < 4.78 is 23.0.